The minimum absolute atomic E-state index is 0.961. The Morgan fingerprint density at radius 3 is 2.43 bits per heavy atom. The Balaban J connectivity index is 1.40. The summed E-state index contributed by atoms with van der Waals surface area (Å²) < 4.78 is 0. The van der Waals surface area contributed by atoms with E-state index in [0.717, 1.165) is 26.4 Å². The lowest BCUT2D eigenvalue weighted by Crippen LogP contribution is -2.24. The maximum atomic E-state index is 3.83. The third-order valence-electron chi connectivity index (χ3n) is 3.89. The van der Waals surface area contributed by atoms with Crippen LogP contribution >= 0.6 is 11.8 Å². The average Bonchev–Trinajstić information content (AvgIpc) is 3.15. The smallest absolute Gasteiger partial charge is 0.0935 e. The molecule has 0 aromatic carbocycles. The van der Waals surface area contributed by atoms with Crippen LogP contribution in [0.5, 0.6) is 0 Å². The van der Waals surface area contributed by atoms with Crippen molar-refractivity contribution < 1.29 is 0 Å². The minimum atomic E-state index is 0.961. The van der Waals surface area contributed by atoms with E-state index in [1.807, 2.05) is 12.4 Å². The number of nitrogens with zero attached hydrogens (tertiary/aromatic N) is 4. The van der Waals surface area contributed by atoms with E-state index in [0.29, 0.717) is 0 Å². The molecule has 1 saturated heterocycles. The van der Waals surface area contributed by atoms with Crippen molar-refractivity contribution in [2.75, 3.05) is 51.0 Å². The number of hydrogen-bond acceptors (Lipinski definition) is 5. The highest BCUT2D eigenvalue weighted by atomic mass is 32.2. The molecule has 0 aromatic rings. The van der Waals surface area contributed by atoms with Crippen molar-refractivity contribution >= 4 is 11.8 Å². The standard InChI is InChI=1S/C16H28N4S/c1-3-17-9-11-19(15-17)7-5-13-21-14-6-8-20-12-10-18(4-2)16-20/h3-4,9,11H,1-2,5-8,10,12-16H2. The highest BCUT2D eigenvalue weighted by Gasteiger charge is 2.15. The molecule has 0 amide bonds. The van der Waals surface area contributed by atoms with Gasteiger partial charge in [-0.25, -0.2) is 0 Å². The van der Waals surface area contributed by atoms with Crippen molar-refractivity contribution in [1.29, 1.82) is 0 Å². The fourth-order valence-corrected chi connectivity index (χ4v) is 3.48. The van der Waals surface area contributed by atoms with Gasteiger partial charge in [-0.2, -0.15) is 11.8 Å². The molecule has 0 aliphatic carbocycles. The van der Waals surface area contributed by atoms with Gasteiger partial charge in [-0.05, 0) is 36.7 Å². The predicted molar refractivity (Wildman–Crippen MR) is 92.7 cm³/mol. The molecule has 2 rings (SSSR count). The lowest BCUT2D eigenvalue weighted by Gasteiger charge is -2.18. The van der Waals surface area contributed by atoms with Gasteiger partial charge < -0.3 is 14.7 Å². The van der Waals surface area contributed by atoms with Crippen LogP contribution in [-0.2, 0) is 0 Å². The molecule has 2 aliphatic heterocycles. The second kappa shape index (κ2) is 9.05. The van der Waals surface area contributed by atoms with Crippen LogP contribution in [0.15, 0.2) is 38.0 Å². The van der Waals surface area contributed by atoms with Crippen LogP contribution in [0.3, 0.4) is 0 Å². The van der Waals surface area contributed by atoms with E-state index in [2.05, 4.69) is 56.9 Å². The summed E-state index contributed by atoms with van der Waals surface area (Å²) in [6, 6.07) is 0. The summed E-state index contributed by atoms with van der Waals surface area (Å²) in [4.78, 5) is 9.25. The van der Waals surface area contributed by atoms with Crippen LogP contribution < -0.4 is 0 Å². The summed E-state index contributed by atoms with van der Waals surface area (Å²) in [7, 11) is 0. The third-order valence-corrected chi connectivity index (χ3v) is 5.04. The van der Waals surface area contributed by atoms with Crippen molar-refractivity contribution in [3.05, 3.63) is 38.0 Å². The van der Waals surface area contributed by atoms with Crippen molar-refractivity contribution in [2.45, 2.75) is 12.8 Å². The molecule has 4 nitrogen and oxygen atoms in total. The van der Waals surface area contributed by atoms with E-state index < -0.39 is 0 Å². The van der Waals surface area contributed by atoms with Crippen LogP contribution in [0, 0.1) is 0 Å². The Kier molecular flexibility index (Phi) is 7.03. The van der Waals surface area contributed by atoms with E-state index in [9.17, 15) is 0 Å². The van der Waals surface area contributed by atoms with Gasteiger partial charge in [0.15, 0.2) is 0 Å². The lowest BCUT2D eigenvalue weighted by molar-refractivity contribution is 0.291. The number of hydrogen-bond donors (Lipinski definition) is 0. The van der Waals surface area contributed by atoms with Crippen LogP contribution in [0.4, 0.5) is 0 Å². The Bertz CT molecular complexity index is 358. The monoisotopic (exact) mass is 308 g/mol. The first-order chi connectivity index (χ1) is 10.3. The molecule has 0 unspecified atom stereocenters. The molecule has 0 spiro atoms. The zero-order valence-corrected chi connectivity index (χ0v) is 13.8. The first-order valence-electron chi connectivity index (χ1n) is 7.79. The van der Waals surface area contributed by atoms with Crippen LogP contribution in [0.1, 0.15) is 12.8 Å². The summed E-state index contributed by atoms with van der Waals surface area (Å²) in [5.74, 6) is 2.54. The molecule has 21 heavy (non-hydrogen) atoms. The van der Waals surface area contributed by atoms with Crippen LogP contribution in [-0.4, -0.2) is 70.6 Å². The number of thioether (sulfide) groups is 1. The van der Waals surface area contributed by atoms with Gasteiger partial charge in [-0.1, -0.05) is 13.2 Å². The predicted octanol–water partition coefficient (Wildman–Crippen LogP) is 2.41. The molecule has 0 bridgehead atoms. The SMILES string of the molecule is C=CN1C=CN(CCCSCCCN2CCN(C=C)C2)C1. The second-order valence-electron chi connectivity index (χ2n) is 5.52. The molecule has 0 aromatic heterocycles. The van der Waals surface area contributed by atoms with E-state index >= 15 is 0 Å². The third kappa shape index (κ3) is 5.67. The summed E-state index contributed by atoms with van der Waals surface area (Å²) >= 11 is 2.09. The van der Waals surface area contributed by atoms with Gasteiger partial charge in [0.2, 0.25) is 0 Å². The second-order valence-corrected chi connectivity index (χ2v) is 6.75. The van der Waals surface area contributed by atoms with Crippen LogP contribution in [0.2, 0.25) is 0 Å². The molecular formula is C16H28N4S. The number of rotatable bonds is 10. The van der Waals surface area contributed by atoms with Gasteiger partial charge in [0.05, 0.1) is 13.3 Å². The summed E-state index contributed by atoms with van der Waals surface area (Å²) in [5.41, 5.74) is 0. The van der Waals surface area contributed by atoms with Gasteiger partial charge in [-0.15, -0.1) is 0 Å². The van der Waals surface area contributed by atoms with Crippen molar-refractivity contribution in [3.63, 3.8) is 0 Å². The summed E-state index contributed by atoms with van der Waals surface area (Å²) in [6.45, 7) is 14.3. The Morgan fingerprint density at radius 2 is 1.76 bits per heavy atom. The maximum absolute atomic E-state index is 3.83. The normalized spacial score (nSPS) is 18.8. The van der Waals surface area contributed by atoms with Crippen LogP contribution in [0.25, 0.3) is 0 Å². The lowest BCUT2D eigenvalue weighted by atomic mass is 10.4. The topological polar surface area (TPSA) is 13.0 Å². The van der Waals surface area contributed by atoms with E-state index in [4.69, 9.17) is 0 Å². The highest BCUT2D eigenvalue weighted by molar-refractivity contribution is 7.99. The van der Waals surface area contributed by atoms with Gasteiger partial charge in [-0.3, -0.25) is 4.90 Å². The summed E-state index contributed by atoms with van der Waals surface area (Å²) in [5, 5.41) is 0. The molecule has 0 saturated carbocycles. The maximum Gasteiger partial charge on any atom is 0.0935 e. The molecule has 1 fully saturated rings. The van der Waals surface area contributed by atoms with Gasteiger partial charge in [0.25, 0.3) is 0 Å². The summed E-state index contributed by atoms with van der Waals surface area (Å²) in [6.07, 6.45) is 10.6. The Hall–Kier alpha value is -1.07. The minimum Gasteiger partial charge on any atom is -0.364 e. The van der Waals surface area contributed by atoms with Gasteiger partial charge in [0, 0.05) is 38.6 Å². The molecule has 2 heterocycles. The highest BCUT2D eigenvalue weighted by Crippen LogP contribution is 2.11. The first-order valence-corrected chi connectivity index (χ1v) is 8.94. The zero-order chi connectivity index (χ0) is 14.9. The quantitative estimate of drug-likeness (QED) is 0.573. The molecule has 2 aliphatic rings. The average molecular weight is 308 g/mol. The first kappa shape index (κ1) is 16.3. The fraction of sp³-hybridized carbons (Fsp3) is 0.625. The van der Waals surface area contributed by atoms with Crippen molar-refractivity contribution in [1.82, 2.24) is 19.6 Å². The Labute approximate surface area is 133 Å². The molecule has 118 valence electrons. The molecule has 0 N–H and O–H groups in total. The Morgan fingerprint density at radius 1 is 0.952 bits per heavy atom. The molecule has 0 atom stereocenters. The zero-order valence-electron chi connectivity index (χ0n) is 13.0. The molecular weight excluding hydrogens is 280 g/mol. The fourth-order valence-electron chi connectivity index (χ4n) is 2.61. The van der Waals surface area contributed by atoms with E-state index in [1.54, 1.807) is 0 Å². The van der Waals surface area contributed by atoms with Gasteiger partial charge in [0.1, 0.15) is 0 Å². The van der Waals surface area contributed by atoms with Crippen molar-refractivity contribution in [2.24, 2.45) is 0 Å². The largest absolute Gasteiger partial charge is 0.364 e. The van der Waals surface area contributed by atoms with Gasteiger partial charge >= 0.3 is 0 Å². The molecule has 0 radical (unpaired) electrons. The molecule has 5 heteroatoms. The van der Waals surface area contributed by atoms with E-state index in [-0.39, 0.29) is 0 Å². The van der Waals surface area contributed by atoms with E-state index in [1.165, 1.54) is 37.4 Å². The van der Waals surface area contributed by atoms with Crippen molar-refractivity contribution in [3.8, 4) is 0 Å².